The number of nitrogens with one attached hydrogen (secondary N) is 1. The van der Waals surface area contributed by atoms with Crippen LogP contribution in [0.1, 0.15) is 29.1 Å². The number of halogens is 2. The first kappa shape index (κ1) is 17.0. The zero-order chi connectivity index (χ0) is 18.3. The number of alkyl halides is 2. The largest absolute Gasteiger partial charge is 0.340 e. The molecule has 1 aliphatic carbocycles. The summed E-state index contributed by atoms with van der Waals surface area (Å²) in [6.07, 6.45) is 4.03. The Morgan fingerprint density at radius 3 is 3.08 bits per heavy atom. The number of hydrogen-bond donors (Lipinski definition) is 2. The van der Waals surface area contributed by atoms with Crippen LogP contribution < -0.4 is 11.1 Å². The molecule has 0 spiro atoms. The number of carbonyl (C=O) groups excluding carboxylic acids is 1. The Labute approximate surface area is 152 Å². The number of fused-ring (bicyclic) bond motifs is 1. The summed E-state index contributed by atoms with van der Waals surface area (Å²) in [5.74, 6) is -3.63. The molecule has 3 aromatic rings. The van der Waals surface area contributed by atoms with Crippen LogP contribution in [0.4, 0.5) is 8.78 Å². The van der Waals surface area contributed by atoms with Gasteiger partial charge in [0.15, 0.2) is 5.01 Å². The lowest BCUT2D eigenvalue weighted by Crippen LogP contribution is -2.59. The minimum Gasteiger partial charge on any atom is -0.340 e. The molecule has 0 aromatic carbocycles. The molecule has 0 radical (unpaired) electrons. The first-order valence-corrected chi connectivity index (χ1v) is 9.16. The summed E-state index contributed by atoms with van der Waals surface area (Å²) in [5, 5.41) is 8.47. The zero-order valence-electron chi connectivity index (χ0n) is 13.7. The molecular formula is C17H17F2N5OS. The van der Waals surface area contributed by atoms with Gasteiger partial charge in [0.05, 0.1) is 17.4 Å². The molecule has 1 saturated carbocycles. The van der Waals surface area contributed by atoms with E-state index >= 15 is 0 Å². The second-order valence-electron chi connectivity index (χ2n) is 6.39. The van der Waals surface area contributed by atoms with Crippen molar-refractivity contribution in [2.24, 2.45) is 5.73 Å². The molecule has 1 fully saturated rings. The van der Waals surface area contributed by atoms with E-state index in [4.69, 9.17) is 5.73 Å². The van der Waals surface area contributed by atoms with Crippen LogP contribution >= 0.6 is 11.3 Å². The van der Waals surface area contributed by atoms with Crippen LogP contribution in [0.15, 0.2) is 36.0 Å². The number of aromatic nitrogens is 3. The number of hydrogen-bond acceptors (Lipinski definition) is 5. The predicted molar refractivity (Wildman–Crippen MR) is 94.3 cm³/mol. The summed E-state index contributed by atoms with van der Waals surface area (Å²) in [6, 6.07) is 3.50. The molecule has 2 atom stereocenters. The van der Waals surface area contributed by atoms with Gasteiger partial charge in [-0.2, -0.15) is 5.10 Å². The summed E-state index contributed by atoms with van der Waals surface area (Å²) in [5.41, 5.74) is 8.02. The van der Waals surface area contributed by atoms with Crippen molar-refractivity contribution in [1.29, 1.82) is 0 Å². The minimum absolute atomic E-state index is 0.129. The van der Waals surface area contributed by atoms with Gasteiger partial charge in [0.2, 0.25) is 0 Å². The molecular weight excluding hydrogens is 360 g/mol. The lowest BCUT2D eigenvalue weighted by Gasteiger charge is -2.36. The second kappa shape index (κ2) is 6.40. The number of nitrogens with zero attached hydrogens (tertiary/aromatic N) is 3. The van der Waals surface area contributed by atoms with Crippen LogP contribution in [-0.4, -0.2) is 38.5 Å². The molecule has 0 saturated heterocycles. The second-order valence-corrected chi connectivity index (χ2v) is 7.25. The fraction of sp³-hybridized carbons (Fsp3) is 0.353. The maximum absolute atomic E-state index is 14.1. The van der Waals surface area contributed by atoms with Gasteiger partial charge in [-0.3, -0.25) is 4.79 Å². The first-order chi connectivity index (χ1) is 12.5. The van der Waals surface area contributed by atoms with Crippen molar-refractivity contribution in [2.75, 3.05) is 0 Å². The van der Waals surface area contributed by atoms with Crippen LogP contribution in [0, 0.1) is 0 Å². The van der Waals surface area contributed by atoms with Gasteiger partial charge >= 0.3 is 0 Å². The first-order valence-electron chi connectivity index (χ1n) is 8.28. The molecule has 3 N–H and O–H groups in total. The van der Waals surface area contributed by atoms with E-state index in [1.165, 1.54) is 0 Å². The van der Waals surface area contributed by atoms with Gasteiger partial charge in [-0.1, -0.05) is 6.07 Å². The fourth-order valence-corrected chi connectivity index (χ4v) is 3.98. The molecule has 0 unspecified atom stereocenters. The quantitative estimate of drug-likeness (QED) is 0.735. The summed E-state index contributed by atoms with van der Waals surface area (Å²) < 4.78 is 29.9. The minimum atomic E-state index is -3.00. The maximum Gasteiger partial charge on any atom is 0.280 e. The third-order valence-corrected chi connectivity index (χ3v) is 5.46. The number of rotatable bonds is 3. The smallest absolute Gasteiger partial charge is 0.280 e. The normalized spacial score (nSPS) is 22.4. The Kier molecular flexibility index (Phi) is 4.20. The molecule has 0 bridgehead atoms. The standard InChI is InChI=1S/C17H17F2N5OS/c18-17(19)6-3-4-11(20)14(17)23-15(25)16-22-12(9-26-16)10-8-21-24-7-2-1-5-13(10)24/h1-2,5,7-9,11,14H,3-4,6,20H2,(H,23,25)/t11-,14+/m0/s1. The Hall–Kier alpha value is -2.39. The highest BCUT2D eigenvalue weighted by atomic mass is 32.1. The number of nitrogens with two attached hydrogens (primary N) is 1. The Bertz CT molecular complexity index is 953. The van der Waals surface area contributed by atoms with Crippen LogP contribution in [0.3, 0.4) is 0 Å². The van der Waals surface area contributed by atoms with Gasteiger partial charge in [-0.25, -0.2) is 18.3 Å². The van der Waals surface area contributed by atoms with Gasteiger partial charge in [0, 0.05) is 29.6 Å². The molecule has 9 heteroatoms. The van der Waals surface area contributed by atoms with Gasteiger partial charge in [-0.05, 0) is 25.0 Å². The average Bonchev–Trinajstić information content (AvgIpc) is 3.24. The van der Waals surface area contributed by atoms with E-state index in [9.17, 15) is 13.6 Å². The summed E-state index contributed by atoms with van der Waals surface area (Å²) in [7, 11) is 0. The average molecular weight is 377 g/mol. The number of pyridine rings is 1. The van der Waals surface area contributed by atoms with Crippen molar-refractivity contribution in [3.8, 4) is 11.3 Å². The molecule has 1 aliphatic rings. The van der Waals surface area contributed by atoms with E-state index in [1.54, 1.807) is 16.1 Å². The molecule has 26 heavy (non-hydrogen) atoms. The summed E-state index contributed by atoms with van der Waals surface area (Å²) in [6.45, 7) is 0. The van der Waals surface area contributed by atoms with E-state index in [-0.39, 0.29) is 11.4 Å². The van der Waals surface area contributed by atoms with Crippen molar-refractivity contribution in [2.45, 2.75) is 37.3 Å². The maximum atomic E-state index is 14.1. The van der Waals surface area contributed by atoms with Crippen molar-refractivity contribution >= 4 is 22.8 Å². The fourth-order valence-electron chi connectivity index (χ4n) is 3.26. The molecule has 4 rings (SSSR count). The van der Waals surface area contributed by atoms with Crippen LogP contribution in [0.2, 0.25) is 0 Å². The SMILES string of the molecule is N[C@H]1CCCC(F)(F)[C@@H]1NC(=O)c1nc(-c2cnn3ccccc23)cs1. The lowest BCUT2D eigenvalue weighted by atomic mass is 9.87. The molecule has 1 amide bonds. The molecule has 3 heterocycles. The van der Waals surface area contributed by atoms with E-state index in [0.717, 1.165) is 22.4 Å². The third kappa shape index (κ3) is 2.97. The molecule has 136 valence electrons. The monoisotopic (exact) mass is 377 g/mol. The van der Waals surface area contributed by atoms with Gasteiger partial charge in [0.25, 0.3) is 11.8 Å². The van der Waals surface area contributed by atoms with Crippen LogP contribution in [0.25, 0.3) is 16.8 Å². The van der Waals surface area contributed by atoms with Crippen LogP contribution in [-0.2, 0) is 0 Å². The number of carbonyl (C=O) groups is 1. The van der Waals surface area contributed by atoms with Crippen LogP contribution in [0.5, 0.6) is 0 Å². The predicted octanol–water partition coefficient (Wildman–Crippen LogP) is 2.70. The van der Waals surface area contributed by atoms with E-state index in [0.29, 0.717) is 18.5 Å². The highest BCUT2D eigenvalue weighted by Crippen LogP contribution is 2.33. The highest BCUT2D eigenvalue weighted by Gasteiger charge is 2.46. The number of amides is 1. The van der Waals surface area contributed by atoms with Crippen molar-refractivity contribution in [3.63, 3.8) is 0 Å². The summed E-state index contributed by atoms with van der Waals surface area (Å²) in [4.78, 5) is 16.7. The van der Waals surface area contributed by atoms with Crippen molar-refractivity contribution in [3.05, 3.63) is 41.0 Å². The van der Waals surface area contributed by atoms with Gasteiger partial charge < -0.3 is 11.1 Å². The third-order valence-electron chi connectivity index (χ3n) is 4.62. The number of thiazole rings is 1. The summed E-state index contributed by atoms with van der Waals surface area (Å²) >= 11 is 1.11. The van der Waals surface area contributed by atoms with E-state index in [1.807, 2.05) is 24.4 Å². The topological polar surface area (TPSA) is 85.3 Å². The lowest BCUT2D eigenvalue weighted by molar-refractivity contribution is -0.0674. The van der Waals surface area contributed by atoms with Gasteiger partial charge in [0.1, 0.15) is 6.04 Å². The molecule has 3 aromatic heterocycles. The highest BCUT2D eigenvalue weighted by molar-refractivity contribution is 7.12. The zero-order valence-corrected chi connectivity index (χ0v) is 14.5. The van der Waals surface area contributed by atoms with Crippen molar-refractivity contribution < 1.29 is 13.6 Å². The van der Waals surface area contributed by atoms with E-state index < -0.39 is 23.9 Å². The molecule has 0 aliphatic heterocycles. The molecule has 6 nitrogen and oxygen atoms in total. The Morgan fingerprint density at radius 2 is 2.27 bits per heavy atom. The van der Waals surface area contributed by atoms with E-state index in [2.05, 4.69) is 15.4 Å². The Morgan fingerprint density at radius 1 is 1.42 bits per heavy atom. The Balaban J connectivity index is 1.57. The van der Waals surface area contributed by atoms with Crippen molar-refractivity contribution in [1.82, 2.24) is 19.9 Å². The van der Waals surface area contributed by atoms with Gasteiger partial charge in [-0.15, -0.1) is 11.3 Å².